The second-order valence-electron chi connectivity index (χ2n) is 7.46. The Kier molecular flexibility index (Phi) is 10.6. The molecule has 0 aromatic carbocycles. The van der Waals surface area contributed by atoms with Crippen LogP contribution in [-0.2, 0) is 9.09 Å². The molecule has 0 spiro atoms. The number of nitrogens with zero attached hydrogens (tertiary/aromatic N) is 1. The Morgan fingerprint density at radius 1 is 1.29 bits per heavy atom. The van der Waals surface area contributed by atoms with Crippen LogP contribution in [0.25, 0.3) is 0 Å². The normalized spacial score (nSPS) is 17.0. The van der Waals surface area contributed by atoms with Crippen LogP contribution in [0.3, 0.4) is 0 Å². The summed E-state index contributed by atoms with van der Waals surface area (Å²) in [5, 5.41) is 0. The van der Waals surface area contributed by atoms with Crippen LogP contribution < -0.4 is 0 Å². The van der Waals surface area contributed by atoms with Gasteiger partial charge in [-0.15, -0.1) is 0 Å². The van der Waals surface area contributed by atoms with Crippen LogP contribution in [-0.4, -0.2) is 44.1 Å². The van der Waals surface area contributed by atoms with E-state index in [0.29, 0.717) is 24.1 Å². The summed E-state index contributed by atoms with van der Waals surface area (Å²) >= 11 is 1.53. The topological polar surface area (TPSA) is 29.5 Å². The third-order valence-corrected chi connectivity index (χ3v) is 8.10. The van der Waals surface area contributed by atoms with Gasteiger partial charge in [-0.2, -0.15) is 0 Å². The maximum absolute atomic E-state index is 12.8. The Labute approximate surface area is 136 Å². The minimum Gasteiger partial charge on any atom is -0.321 e. The van der Waals surface area contributed by atoms with Gasteiger partial charge in [0.05, 0.1) is 6.61 Å². The molecule has 0 aromatic heterocycles. The minimum atomic E-state index is -2.49. The van der Waals surface area contributed by atoms with E-state index in [-0.39, 0.29) is 0 Å². The van der Waals surface area contributed by atoms with Gasteiger partial charge in [-0.05, 0) is 44.7 Å². The molecule has 2 unspecified atom stereocenters. The van der Waals surface area contributed by atoms with Crippen molar-refractivity contribution in [3.63, 3.8) is 0 Å². The van der Waals surface area contributed by atoms with E-state index in [9.17, 15) is 4.57 Å². The lowest BCUT2D eigenvalue weighted by atomic mass is 9.84. The molecule has 0 N–H and O–H groups in total. The Balaban J connectivity index is 4.16. The molecule has 128 valence electrons. The van der Waals surface area contributed by atoms with Crippen LogP contribution in [0.5, 0.6) is 0 Å². The fourth-order valence-electron chi connectivity index (χ4n) is 2.34. The van der Waals surface area contributed by atoms with Crippen molar-refractivity contribution in [3.05, 3.63) is 0 Å². The summed E-state index contributed by atoms with van der Waals surface area (Å²) in [5.41, 5.74) is 0.354. The molecule has 0 aromatic rings. The van der Waals surface area contributed by atoms with E-state index in [0.717, 1.165) is 25.1 Å². The van der Waals surface area contributed by atoms with Crippen molar-refractivity contribution in [2.24, 2.45) is 11.3 Å². The minimum absolute atomic E-state index is 0.354. The Morgan fingerprint density at radius 3 is 2.38 bits per heavy atom. The molecule has 0 saturated heterocycles. The van der Waals surface area contributed by atoms with E-state index >= 15 is 0 Å². The molecule has 0 aliphatic heterocycles. The second kappa shape index (κ2) is 10.3. The van der Waals surface area contributed by atoms with Crippen molar-refractivity contribution >= 4 is 18.0 Å². The Morgan fingerprint density at radius 2 is 1.90 bits per heavy atom. The van der Waals surface area contributed by atoms with Crippen molar-refractivity contribution in [1.82, 2.24) is 4.90 Å². The third kappa shape index (κ3) is 12.7. The lowest BCUT2D eigenvalue weighted by Crippen LogP contribution is -2.15. The first kappa shape index (κ1) is 21.5. The van der Waals surface area contributed by atoms with Crippen LogP contribution in [0.1, 0.15) is 53.9 Å². The van der Waals surface area contributed by atoms with Crippen molar-refractivity contribution in [3.8, 4) is 0 Å². The Bertz CT molecular complexity index is 316. The summed E-state index contributed by atoms with van der Waals surface area (Å²) in [5.74, 6) is 1.49. The van der Waals surface area contributed by atoms with Gasteiger partial charge in [0, 0.05) is 18.5 Å². The van der Waals surface area contributed by atoms with Crippen molar-refractivity contribution in [2.45, 2.75) is 53.9 Å². The molecule has 0 fully saturated rings. The molecule has 3 nitrogen and oxygen atoms in total. The fraction of sp³-hybridized carbons (Fsp3) is 1.00. The van der Waals surface area contributed by atoms with E-state index in [1.807, 2.05) is 14.1 Å². The van der Waals surface area contributed by atoms with Gasteiger partial charge in [-0.3, -0.25) is 4.57 Å². The van der Waals surface area contributed by atoms with E-state index in [4.69, 9.17) is 4.52 Å². The molecule has 0 heterocycles. The zero-order valence-corrected chi connectivity index (χ0v) is 16.9. The maximum Gasteiger partial charge on any atom is 0.257 e. The van der Waals surface area contributed by atoms with Gasteiger partial charge in [-0.1, -0.05) is 46.0 Å². The van der Waals surface area contributed by atoms with Crippen LogP contribution in [0.2, 0.25) is 0 Å². The van der Waals surface area contributed by atoms with Crippen molar-refractivity contribution in [2.75, 3.05) is 39.2 Å². The van der Waals surface area contributed by atoms with Crippen molar-refractivity contribution < 1.29 is 9.09 Å². The summed E-state index contributed by atoms with van der Waals surface area (Å²) < 4.78 is 18.6. The van der Waals surface area contributed by atoms with E-state index in [2.05, 4.69) is 39.5 Å². The Hall–Kier alpha value is 0.500. The van der Waals surface area contributed by atoms with Gasteiger partial charge in [0.1, 0.15) is 0 Å². The van der Waals surface area contributed by atoms with Crippen LogP contribution >= 0.6 is 18.0 Å². The monoisotopic (exact) mass is 337 g/mol. The molecule has 21 heavy (non-hydrogen) atoms. The molecule has 0 rings (SSSR count). The SMILES string of the molecule is CCCP(=O)(OCCC(C)CC(C)(C)C)SCCN(C)C. The summed E-state index contributed by atoms with van der Waals surface area (Å²) in [7, 11) is 4.08. The van der Waals surface area contributed by atoms with Crippen molar-refractivity contribution in [1.29, 1.82) is 0 Å². The van der Waals surface area contributed by atoms with Gasteiger partial charge in [0.2, 0.25) is 0 Å². The highest BCUT2D eigenvalue weighted by Crippen LogP contribution is 2.60. The average Bonchev–Trinajstić information content (AvgIpc) is 2.25. The maximum atomic E-state index is 12.8. The average molecular weight is 338 g/mol. The predicted molar refractivity (Wildman–Crippen MR) is 97.6 cm³/mol. The largest absolute Gasteiger partial charge is 0.321 e. The smallest absolute Gasteiger partial charge is 0.257 e. The highest BCUT2D eigenvalue weighted by Gasteiger charge is 2.23. The number of hydrogen-bond donors (Lipinski definition) is 0. The van der Waals surface area contributed by atoms with Gasteiger partial charge in [-0.25, -0.2) is 0 Å². The highest BCUT2D eigenvalue weighted by molar-refractivity contribution is 8.56. The zero-order valence-electron chi connectivity index (χ0n) is 15.1. The molecule has 0 aliphatic rings. The number of rotatable bonds is 11. The first-order valence-corrected chi connectivity index (χ1v) is 11.5. The van der Waals surface area contributed by atoms with Crippen LogP contribution in [0.4, 0.5) is 0 Å². The highest BCUT2D eigenvalue weighted by atomic mass is 32.7. The van der Waals surface area contributed by atoms with E-state index in [1.165, 1.54) is 17.8 Å². The molecule has 0 amide bonds. The lowest BCUT2D eigenvalue weighted by molar-refractivity contribution is 0.245. The number of hydrogen-bond acceptors (Lipinski definition) is 4. The summed E-state index contributed by atoms with van der Waals surface area (Å²) in [6.45, 7) is 10.2. The summed E-state index contributed by atoms with van der Waals surface area (Å²) in [4.78, 5) is 2.12. The molecular formula is C16H36NO2PS. The molecule has 0 bridgehead atoms. The molecule has 2 atom stereocenters. The van der Waals surface area contributed by atoms with E-state index < -0.39 is 6.57 Å². The molecule has 0 saturated carbocycles. The molecular weight excluding hydrogens is 301 g/mol. The fourth-order valence-corrected chi connectivity index (χ4v) is 6.79. The summed E-state index contributed by atoms with van der Waals surface area (Å²) in [6.07, 6.45) is 3.80. The third-order valence-electron chi connectivity index (χ3n) is 3.18. The predicted octanol–water partition coefficient (Wildman–Crippen LogP) is 5.36. The van der Waals surface area contributed by atoms with Gasteiger partial charge < -0.3 is 9.42 Å². The first-order chi connectivity index (χ1) is 9.58. The summed E-state index contributed by atoms with van der Waals surface area (Å²) in [6, 6.07) is 0. The zero-order chi connectivity index (χ0) is 16.5. The van der Waals surface area contributed by atoms with Crippen LogP contribution in [0.15, 0.2) is 0 Å². The van der Waals surface area contributed by atoms with Gasteiger partial charge >= 0.3 is 0 Å². The first-order valence-electron chi connectivity index (χ1n) is 8.11. The lowest BCUT2D eigenvalue weighted by Gasteiger charge is -2.24. The van der Waals surface area contributed by atoms with Crippen LogP contribution in [0, 0.1) is 11.3 Å². The van der Waals surface area contributed by atoms with E-state index in [1.54, 1.807) is 0 Å². The molecule has 5 heteroatoms. The van der Waals surface area contributed by atoms with Gasteiger partial charge in [0.15, 0.2) is 0 Å². The molecule has 0 aliphatic carbocycles. The van der Waals surface area contributed by atoms with Gasteiger partial charge in [0.25, 0.3) is 6.57 Å². The second-order valence-corrected chi connectivity index (χ2v) is 12.5. The standard InChI is InChI=1S/C16H36NO2PS/c1-8-12-20(18,21-13-10-17(6)7)19-11-9-15(2)14-16(3,4)5/h15H,8-14H2,1-7H3. The molecule has 0 radical (unpaired) electrons. The quantitative estimate of drug-likeness (QED) is 0.474.